The van der Waals surface area contributed by atoms with Gasteiger partial charge in [-0.1, -0.05) is 164 Å². The number of hydrogen-bond acceptors (Lipinski definition) is 1. The first kappa shape index (κ1) is 32.0. The third-order valence-corrected chi connectivity index (χ3v) is 12.6. The molecule has 57 heavy (non-hydrogen) atoms. The molecule has 0 bridgehead atoms. The lowest BCUT2D eigenvalue weighted by Crippen LogP contribution is -2.42. The first-order valence-corrected chi connectivity index (χ1v) is 19.9. The average Bonchev–Trinajstić information content (AvgIpc) is 3.61. The summed E-state index contributed by atoms with van der Waals surface area (Å²) < 4.78 is 2.44. The molecule has 2 nitrogen and oxygen atoms in total. The summed E-state index contributed by atoms with van der Waals surface area (Å²) in [6.07, 6.45) is 10.1. The molecule has 12 rings (SSSR count). The highest BCUT2D eigenvalue weighted by atomic mass is 15.2. The lowest BCUT2D eigenvalue weighted by atomic mass is 9.58. The van der Waals surface area contributed by atoms with Crippen molar-refractivity contribution in [2.24, 2.45) is 5.92 Å². The van der Waals surface area contributed by atoms with Crippen LogP contribution in [0, 0.1) is 18.1 Å². The Hall–Kier alpha value is -7.34. The largest absolute Gasteiger partial charge is 0.310 e. The van der Waals surface area contributed by atoms with Gasteiger partial charge in [-0.15, -0.1) is 0 Å². The van der Waals surface area contributed by atoms with E-state index in [4.69, 9.17) is 0 Å². The summed E-state index contributed by atoms with van der Waals surface area (Å²) >= 11 is 0. The van der Waals surface area contributed by atoms with E-state index in [9.17, 15) is 0 Å². The molecule has 0 saturated carbocycles. The Morgan fingerprint density at radius 1 is 0.474 bits per heavy atom. The smallest absolute Gasteiger partial charge is 0.0980 e. The van der Waals surface area contributed by atoms with Gasteiger partial charge >= 0.3 is 0 Å². The topological polar surface area (TPSA) is 8.17 Å². The zero-order valence-corrected chi connectivity index (χ0v) is 31.2. The molecule has 2 heterocycles. The second kappa shape index (κ2) is 12.3. The third kappa shape index (κ3) is 4.49. The Labute approximate surface area is 331 Å². The highest BCUT2D eigenvalue weighted by molar-refractivity contribution is 6.25. The van der Waals surface area contributed by atoms with Crippen LogP contribution >= 0.6 is 0 Å². The van der Waals surface area contributed by atoms with E-state index in [0.717, 1.165) is 34.2 Å². The normalized spacial score (nSPS) is 17.3. The van der Waals surface area contributed by atoms with Crippen LogP contribution in [-0.4, -0.2) is 4.57 Å². The fourth-order valence-electron chi connectivity index (χ4n) is 10.3. The maximum atomic E-state index is 3.71. The molecule has 0 saturated heterocycles. The van der Waals surface area contributed by atoms with Gasteiger partial charge in [-0.3, -0.25) is 0 Å². The summed E-state index contributed by atoms with van der Waals surface area (Å²) in [5.74, 6) is 0.179. The Morgan fingerprint density at radius 3 is 1.89 bits per heavy atom. The molecule has 2 unspecified atom stereocenters. The molecule has 10 aromatic rings. The van der Waals surface area contributed by atoms with E-state index < -0.39 is 5.41 Å². The van der Waals surface area contributed by atoms with Gasteiger partial charge in [0.1, 0.15) is 0 Å². The van der Waals surface area contributed by atoms with Crippen molar-refractivity contribution in [3.8, 4) is 5.69 Å². The fraction of sp³-hybridized carbons (Fsp3) is 0.0545. The van der Waals surface area contributed by atoms with Gasteiger partial charge in [-0.05, 0) is 99.1 Å². The molecule has 0 N–H and O–H groups in total. The summed E-state index contributed by atoms with van der Waals surface area (Å²) in [4.78, 5) is 2.49. The van der Waals surface area contributed by atoms with Crippen LogP contribution in [0.15, 0.2) is 200 Å². The number of benzene rings is 8. The SMILES string of the molecule is c1c(-n2c3ccccc3c3cc4c(cc32)C(c2ccccc2)(C2C=CC=CC2)c2ccccc2N4c2ccccc2)cc2c(c#1)c1ccccc1c1ccccc21. The second-order valence-corrected chi connectivity index (χ2v) is 15.4. The van der Waals surface area contributed by atoms with E-state index in [0.29, 0.717) is 0 Å². The quantitative estimate of drug-likeness (QED) is 0.164. The van der Waals surface area contributed by atoms with Gasteiger partial charge in [0, 0.05) is 27.2 Å². The van der Waals surface area contributed by atoms with Gasteiger partial charge in [0.05, 0.1) is 33.5 Å². The van der Waals surface area contributed by atoms with E-state index in [1.807, 2.05) is 0 Å². The summed E-state index contributed by atoms with van der Waals surface area (Å²) in [7, 11) is 0. The Bertz CT molecular complexity index is 3240. The Balaban J connectivity index is 1.23. The number of para-hydroxylation sites is 3. The monoisotopic (exact) mass is 724 g/mol. The molecule has 2 atom stereocenters. The summed E-state index contributed by atoms with van der Waals surface area (Å²) in [6.45, 7) is 0. The molecule has 1 aliphatic heterocycles. The zero-order valence-electron chi connectivity index (χ0n) is 31.2. The summed E-state index contributed by atoms with van der Waals surface area (Å²) in [5, 5.41) is 9.63. The molecule has 0 spiro atoms. The van der Waals surface area contributed by atoms with E-state index in [-0.39, 0.29) is 5.92 Å². The highest BCUT2D eigenvalue weighted by Gasteiger charge is 2.49. The summed E-state index contributed by atoms with van der Waals surface area (Å²) in [6, 6.07) is 72.3. The van der Waals surface area contributed by atoms with Crippen LogP contribution in [0.4, 0.5) is 17.1 Å². The van der Waals surface area contributed by atoms with Crippen molar-refractivity contribution in [3.05, 3.63) is 229 Å². The molecule has 0 fully saturated rings. The molecule has 266 valence electrons. The predicted octanol–water partition coefficient (Wildman–Crippen LogP) is 14.1. The van der Waals surface area contributed by atoms with Crippen molar-refractivity contribution in [3.63, 3.8) is 0 Å². The lowest BCUT2D eigenvalue weighted by Gasteiger charge is -2.49. The molecule has 2 heteroatoms. The van der Waals surface area contributed by atoms with Gasteiger partial charge < -0.3 is 9.47 Å². The van der Waals surface area contributed by atoms with Crippen LogP contribution in [0.3, 0.4) is 0 Å². The van der Waals surface area contributed by atoms with E-state index in [2.05, 4.69) is 222 Å². The van der Waals surface area contributed by atoms with Gasteiger partial charge in [-0.2, -0.15) is 0 Å². The van der Waals surface area contributed by atoms with Crippen molar-refractivity contribution in [2.75, 3.05) is 4.90 Å². The zero-order chi connectivity index (χ0) is 37.5. The van der Waals surface area contributed by atoms with Gasteiger partial charge in [0.2, 0.25) is 0 Å². The molecular formula is C55H36N2. The standard InChI is InChI=1S/C55H36N2/c1-4-18-37(19-5-1)55(38-20-6-2-7-21-38)49-29-15-17-31-52(49)56(39-22-8-3-9-23-39)54-35-48-46-28-14-16-30-51(46)57(53(48)36-50(54)55)40-32-33-45-43-26-11-10-24-41(43)42-25-12-13-27-44(42)47(45)34-40/h1-20,22-31,34-36,38H,21H2. The minimum absolute atomic E-state index is 0.179. The van der Waals surface area contributed by atoms with Crippen molar-refractivity contribution < 1.29 is 0 Å². The molecule has 0 amide bonds. The van der Waals surface area contributed by atoms with Crippen LogP contribution in [0.2, 0.25) is 0 Å². The molecule has 2 aliphatic rings. The maximum Gasteiger partial charge on any atom is 0.0980 e. The third-order valence-electron chi connectivity index (χ3n) is 12.6. The van der Waals surface area contributed by atoms with Crippen LogP contribution < -0.4 is 4.90 Å². The average molecular weight is 725 g/mol. The van der Waals surface area contributed by atoms with Gasteiger partial charge in [0.25, 0.3) is 0 Å². The van der Waals surface area contributed by atoms with Crippen LogP contribution in [0.5, 0.6) is 0 Å². The van der Waals surface area contributed by atoms with Crippen LogP contribution in [-0.2, 0) is 5.41 Å². The van der Waals surface area contributed by atoms with Crippen molar-refractivity contribution >= 4 is 71.2 Å². The van der Waals surface area contributed by atoms with E-state index in [1.54, 1.807) is 0 Å². The minimum atomic E-state index is -0.483. The van der Waals surface area contributed by atoms with Crippen molar-refractivity contribution in [1.82, 2.24) is 4.57 Å². The van der Waals surface area contributed by atoms with Crippen molar-refractivity contribution in [2.45, 2.75) is 11.8 Å². The number of hydrogen-bond donors (Lipinski definition) is 0. The van der Waals surface area contributed by atoms with E-state index >= 15 is 0 Å². The van der Waals surface area contributed by atoms with Crippen LogP contribution in [0.25, 0.3) is 59.8 Å². The number of aromatic nitrogens is 1. The Kier molecular flexibility index (Phi) is 6.92. The lowest BCUT2D eigenvalue weighted by molar-refractivity contribution is 0.445. The number of anilines is 3. The predicted molar refractivity (Wildman–Crippen MR) is 238 cm³/mol. The van der Waals surface area contributed by atoms with Crippen LogP contribution in [0.1, 0.15) is 23.1 Å². The summed E-state index contributed by atoms with van der Waals surface area (Å²) in [5.41, 5.74) is 10.3. The Morgan fingerprint density at radius 2 is 1.12 bits per heavy atom. The maximum absolute atomic E-state index is 3.71. The number of fused-ring (bicyclic) bond motifs is 11. The van der Waals surface area contributed by atoms with Gasteiger partial charge in [-0.25, -0.2) is 0 Å². The molecular weight excluding hydrogens is 689 g/mol. The molecule has 0 radical (unpaired) electrons. The number of allylic oxidation sites excluding steroid dienone is 4. The number of nitrogens with zero attached hydrogens (tertiary/aromatic N) is 2. The molecule has 9 aromatic carbocycles. The minimum Gasteiger partial charge on any atom is -0.310 e. The molecule has 1 aromatic heterocycles. The second-order valence-electron chi connectivity index (χ2n) is 15.4. The fourth-order valence-corrected chi connectivity index (χ4v) is 10.3. The van der Waals surface area contributed by atoms with Crippen molar-refractivity contribution in [1.29, 1.82) is 0 Å². The first-order valence-electron chi connectivity index (χ1n) is 19.9. The first-order chi connectivity index (χ1) is 28.3. The van der Waals surface area contributed by atoms with E-state index in [1.165, 1.54) is 65.8 Å². The number of rotatable bonds is 4. The van der Waals surface area contributed by atoms with Gasteiger partial charge in [0.15, 0.2) is 0 Å². The highest BCUT2D eigenvalue weighted by Crippen LogP contribution is 2.60. The molecule has 1 aliphatic carbocycles.